The maximum atomic E-state index is 12.6. The average Bonchev–Trinajstić information content (AvgIpc) is 2.89. The van der Waals surface area contributed by atoms with Crippen LogP contribution in [0.1, 0.15) is 17.3 Å². The molecular formula is C19H18Cl3N3O5S. The third-order valence-electron chi connectivity index (χ3n) is 4.31. The maximum Gasteiger partial charge on any atom is 0.269 e. The van der Waals surface area contributed by atoms with Gasteiger partial charge in [0.1, 0.15) is 23.4 Å². The van der Waals surface area contributed by atoms with Crippen LogP contribution < -0.4 is 15.4 Å². The van der Waals surface area contributed by atoms with Crippen LogP contribution in [0.5, 0.6) is 5.75 Å². The van der Waals surface area contributed by atoms with Crippen molar-refractivity contribution in [2.45, 2.75) is 21.8 Å². The van der Waals surface area contributed by atoms with E-state index in [2.05, 4.69) is 10.6 Å². The number of carbonyl (C=O) groups is 2. The first-order chi connectivity index (χ1) is 14.5. The summed E-state index contributed by atoms with van der Waals surface area (Å²) in [6, 6.07) is 12.4. The Kier molecular flexibility index (Phi) is 6.90. The number of nitrogens with zero attached hydrogens (tertiary/aromatic N) is 1. The number of ether oxygens (including phenoxy) is 1. The number of rotatable bonds is 7. The van der Waals surface area contributed by atoms with Gasteiger partial charge in [0.15, 0.2) is 0 Å². The topological polar surface area (TPSA) is 105 Å². The van der Waals surface area contributed by atoms with E-state index < -0.39 is 38.3 Å². The first kappa shape index (κ1) is 23.5. The summed E-state index contributed by atoms with van der Waals surface area (Å²) in [5.74, 6) is -0.991. The molecular weight excluding hydrogens is 489 g/mol. The third kappa shape index (κ3) is 5.17. The molecule has 0 bridgehead atoms. The molecule has 0 saturated heterocycles. The van der Waals surface area contributed by atoms with Gasteiger partial charge < -0.3 is 15.4 Å². The lowest BCUT2D eigenvalue weighted by Gasteiger charge is -2.28. The lowest BCUT2D eigenvalue weighted by molar-refractivity contribution is -0.121. The number of carbonyl (C=O) groups excluding carboxylic acids is 2. The summed E-state index contributed by atoms with van der Waals surface area (Å²) in [4.78, 5) is 24.9. The highest BCUT2D eigenvalue weighted by molar-refractivity contribution is 7.90. The van der Waals surface area contributed by atoms with Gasteiger partial charge in [-0.3, -0.25) is 9.59 Å². The fourth-order valence-electron chi connectivity index (χ4n) is 2.90. The fourth-order valence-corrected chi connectivity index (χ4v) is 4.76. The summed E-state index contributed by atoms with van der Waals surface area (Å²) in [7, 11) is -4.14. The summed E-state index contributed by atoms with van der Waals surface area (Å²) < 4.78 is 29.1. The molecule has 2 aromatic carbocycles. The van der Waals surface area contributed by atoms with Gasteiger partial charge in [0.05, 0.1) is 12.2 Å². The van der Waals surface area contributed by atoms with Gasteiger partial charge >= 0.3 is 0 Å². The first-order valence-corrected chi connectivity index (χ1v) is 11.6. The molecule has 0 saturated carbocycles. The number of sulfonamides is 1. The molecule has 31 heavy (non-hydrogen) atoms. The SMILES string of the molecule is CCOc1ccc(N[C@H](NC(=O)CN2C(=O)c3ccccc3S2(=O)=O)C(Cl)(Cl)Cl)cc1. The predicted molar refractivity (Wildman–Crippen MR) is 118 cm³/mol. The summed E-state index contributed by atoms with van der Waals surface area (Å²) >= 11 is 17.9. The summed E-state index contributed by atoms with van der Waals surface area (Å²) in [5.41, 5.74) is 0.512. The number of fused-ring (bicyclic) bond motifs is 1. The van der Waals surface area contributed by atoms with E-state index >= 15 is 0 Å². The second-order valence-electron chi connectivity index (χ2n) is 6.46. The van der Waals surface area contributed by atoms with Crippen molar-refractivity contribution >= 4 is 62.3 Å². The Labute approximate surface area is 194 Å². The Morgan fingerprint density at radius 3 is 2.35 bits per heavy atom. The van der Waals surface area contributed by atoms with E-state index in [9.17, 15) is 18.0 Å². The van der Waals surface area contributed by atoms with E-state index in [1.807, 2.05) is 6.92 Å². The zero-order valence-corrected chi connectivity index (χ0v) is 19.2. The number of nitrogens with one attached hydrogen (secondary N) is 2. The Bertz CT molecular complexity index is 1090. The number of alkyl halides is 3. The maximum absolute atomic E-state index is 12.6. The van der Waals surface area contributed by atoms with Crippen LogP contribution in [0.25, 0.3) is 0 Å². The van der Waals surface area contributed by atoms with Crippen molar-refractivity contribution in [3.63, 3.8) is 0 Å². The highest BCUT2D eigenvalue weighted by Gasteiger charge is 2.42. The lowest BCUT2D eigenvalue weighted by Crippen LogP contribution is -2.52. The van der Waals surface area contributed by atoms with Crippen molar-refractivity contribution in [3.8, 4) is 5.75 Å². The third-order valence-corrected chi connectivity index (χ3v) is 6.75. The molecule has 0 spiro atoms. The Morgan fingerprint density at radius 2 is 1.77 bits per heavy atom. The van der Waals surface area contributed by atoms with Gasteiger partial charge in [0, 0.05) is 5.69 Å². The van der Waals surface area contributed by atoms with Crippen molar-refractivity contribution in [2.75, 3.05) is 18.5 Å². The zero-order valence-electron chi connectivity index (χ0n) is 16.1. The summed E-state index contributed by atoms with van der Waals surface area (Å²) in [5, 5.41) is 5.28. The monoisotopic (exact) mass is 505 g/mol. The van der Waals surface area contributed by atoms with Gasteiger partial charge in [0.25, 0.3) is 15.9 Å². The van der Waals surface area contributed by atoms with Crippen LogP contribution in [0.15, 0.2) is 53.4 Å². The van der Waals surface area contributed by atoms with E-state index in [0.717, 1.165) is 0 Å². The van der Waals surface area contributed by atoms with Crippen LogP contribution >= 0.6 is 34.8 Å². The molecule has 8 nitrogen and oxygen atoms in total. The van der Waals surface area contributed by atoms with Crippen molar-refractivity contribution in [2.24, 2.45) is 0 Å². The highest BCUT2D eigenvalue weighted by atomic mass is 35.6. The number of anilines is 1. The molecule has 0 fully saturated rings. The second-order valence-corrected chi connectivity index (χ2v) is 10.7. The molecule has 3 rings (SSSR count). The van der Waals surface area contributed by atoms with Crippen molar-refractivity contribution in [1.29, 1.82) is 0 Å². The molecule has 0 radical (unpaired) electrons. The van der Waals surface area contributed by atoms with Crippen LogP contribution in [-0.2, 0) is 14.8 Å². The standard InChI is InChI=1S/C19H18Cl3N3O5S/c1-2-30-13-9-7-12(8-10-13)23-18(19(20,21)22)24-16(26)11-25-17(27)14-5-3-4-6-15(14)31(25,28)29/h3-10,18,23H,2,11H2,1H3,(H,24,26)/t18-/m1/s1. The van der Waals surface area contributed by atoms with E-state index in [1.165, 1.54) is 24.3 Å². The second kappa shape index (κ2) is 9.12. The normalized spacial score (nSPS) is 15.9. The molecule has 12 heteroatoms. The molecule has 0 aromatic heterocycles. The molecule has 1 aliphatic heterocycles. The lowest BCUT2D eigenvalue weighted by atomic mass is 10.2. The molecule has 2 N–H and O–H groups in total. The molecule has 0 aliphatic carbocycles. The van der Waals surface area contributed by atoms with E-state index in [4.69, 9.17) is 39.5 Å². The van der Waals surface area contributed by atoms with Crippen LogP contribution in [0, 0.1) is 0 Å². The van der Waals surface area contributed by atoms with Crippen molar-refractivity contribution < 1.29 is 22.7 Å². The van der Waals surface area contributed by atoms with Gasteiger partial charge in [0.2, 0.25) is 9.70 Å². The molecule has 2 aromatic rings. The summed E-state index contributed by atoms with van der Waals surface area (Å²) in [6.07, 6.45) is -1.22. The number of halogens is 3. The van der Waals surface area contributed by atoms with Crippen LogP contribution in [-0.4, -0.2) is 47.6 Å². The van der Waals surface area contributed by atoms with Gasteiger partial charge in [-0.1, -0.05) is 46.9 Å². The quantitative estimate of drug-likeness (QED) is 0.441. The van der Waals surface area contributed by atoms with Crippen molar-refractivity contribution in [1.82, 2.24) is 9.62 Å². The summed E-state index contributed by atoms with van der Waals surface area (Å²) in [6.45, 7) is 1.59. The molecule has 0 unspecified atom stereocenters. The fraction of sp³-hybridized carbons (Fsp3) is 0.263. The highest BCUT2D eigenvalue weighted by Crippen LogP contribution is 2.32. The number of amides is 2. The average molecular weight is 507 g/mol. The Morgan fingerprint density at radius 1 is 1.13 bits per heavy atom. The van der Waals surface area contributed by atoms with E-state index in [-0.39, 0.29) is 10.5 Å². The minimum Gasteiger partial charge on any atom is -0.494 e. The van der Waals surface area contributed by atoms with Crippen LogP contribution in [0.3, 0.4) is 0 Å². The van der Waals surface area contributed by atoms with E-state index in [0.29, 0.717) is 22.3 Å². The molecule has 2 amide bonds. The molecule has 166 valence electrons. The van der Waals surface area contributed by atoms with Crippen LogP contribution in [0.4, 0.5) is 5.69 Å². The van der Waals surface area contributed by atoms with Gasteiger partial charge in [-0.05, 0) is 43.3 Å². The minimum atomic E-state index is -4.14. The molecule has 1 heterocycles. The minimum absolute atomic E-state index is 0.000685. The van der Waals surface area contributed by atoms with Crippen LogP contribution in [0.2, 0.25) is 0 Å². The Hall–Kier alpha value is -2.20. The van der Waals surface area contributed by atoms with Gasteiger partial charge in [-0.15, -0.1) is 0 Å². The number of hydrogen-bond donors (Lipinski definition) is 2. The molecule has 1 atom stereocenters. The predicted octanol–water partition coefficient (Wildman–Crippen LogP) is 3.15. The van der Waals surface area contributed by atoms with Gasteiger partial charge in [-0.25, -0.2) is 12.7 Å². The number of hydrogen-bond acceptors (Lipinski definition) is 6. The van der Waals surface area contributed by atoms with Gasteiger partial charge in [-0.2, -0.15) is 0 Å². The smallest absolute Gasteiger partial charge is 0.269 e. The zero-order chi connectivity index (χ0) is 22.8. The molecule has 1 aliphatic rings. The number of benzene rings is 2. The largest absolute Gasteiger partial charge is 0.494 e. The first-order valence-electron chi connectivity index (χ1n) is 9.05. The Balaban J connectivity index is 1.73. The van der Waals surface area contributed by atoms with E-state index in [1.54, 1.807) is 24.3 Å². The van der Waals surface area contributed by atoms with Crippen molar-refractivity contribution in [3.05, 3.63) is 54.1 Å².